The third-order valence-electron chi connectivity index (χ3n) is 5.75. The molecular formula is C27H22F5N5O5S. The highest BCUT2D eigenvalue weighted by molar-refractivity contribution is 7.92. The van der Waals surface area contributed by atoms with Gasteiger partial charge in [-0.1, -0.05) is 13.0 Å². The number of sulfonamides is 1. The van der Waals surface area contributed by atoms with Gasteiger partial charge >= 0.3 is 6.18 Å². The summed E-state index contributed by atoms with van der Waals surface area (Å²) < 4.78 is 105. The number of alkyl halides is 3. The Morgan fingerprint density at radius 3 is 2.30 bits per heavy atom. The number of anilines is 3. The van der Waals surface area contributed by atoms with Gasteiger partial charge in [0.05, 0.1) is 12.8 Å². The molecule has 0 aliphatic carbocycles. The predicted molar refractivity (Wildman–Crippen MR) is 144 cm³/mol. The third kappa shape index (κ3) is 7.32. The molecule has 43 heavy (non-hydrogen) atoms. The monoisotopic (exact) mass is 623 g/mol. The molecule has 0 saturated heterocycles. The number of rotatable bonds is 10. The number of nitrogens with zero attached hydrogens (tertiary/aromatic N) is 4. The molecule has 226 valence electrons. The molecule has 16 heteroatoms. The Kier molecular flexibility index (Phi) is 9.08. The van der Waals surface area contributed by atoms with Crippen LogP contribution in [0, 0.1) is 11.6 Å². The van der Waals surface area contributed by atoms with Crippen molar-refractivity contribution in [3.63, 3.8) is 0 Å². The van der Waals surface area contributed by atoms with Gasteiger partial charge in [0, 0.05) is 36.6 Å². The van der Waals surface area contributed by atoms with Crippen molar-refractivity contribution < 1.29 is 44.6 Å². The van der Waals surface area contributed by atoms with E-state index in [4.69, 9.17) is 4.74 Å². The average molecular weight is 624 g/mol. The molecule has 0 bridgehead atoms. The van der Waals surface area contributed by atoms with Gasteiger partial charge in [-0.05, 0) is 42.0 Å². The first-order valence-corrected chi connectivity index (χ1v) is 13.8. The second kappa shape index (κ2) is 12.6. The van der Waals surface area contributed by atoms with Crippen molar-refractivity contribution in [2.75, 3.05) is 23.3 Å². The average Bonchev–Trinajstić information content (AvgIpc) is 2.97. The minimum absolute atomic E-state index is 0.0307. The zero-order valence-corrected chi connectivity index (χ0v) is 23.2. The van der Waals surface area contributed by atoms with Crippen LogP contribution in [0.4, 0.5) is 39.4 Å². The van der Waals surface area contributed by atoms with Crippen LogP contribution in [-0.2, 0) is 14.8 Å². The van der Waals surface area contributed by atoms with Gasteiger partial charge in [0.2, 0.25) is 11.9 Å². The fraction of sp³-hybridized carbons (Fsp3) is 0.185. The number of nitrogens with one attached hydrogen (secondary N) is 1. The number of aromatic nitrogens is 3. The molecular weight excluding hydrogens is 601 g/mol. The van der Waals surface area contributed by atoms with E-state index in [0.29, 0.717) is 0 Å². The maximum absolute atomic E-state index is 15.5. The number of halogens is 5. The van der Waals surface area contributed by atoms with Crippen molar-refractivity contribution in [2.24, 2.45) is 0 Å². The van der Waals surface area contributed by atoms with E-state index >= 15 is 4.39 Å². The van der Waals surface area contributed by atoms with E-state index in [1.807, 2.05) is 0 Å². The number of hydrogen-bond donors (Lipinski definition) is 1. The zero-order valence-electron chi connectivity index (χ0n) is 22.4. The summed E-state index contributed by atoms with van der Waals surface area (Å²) in [6.07, 6.45) is -1.13. The highest BCUT2D eigenvalue weighted by Gasteiger charge is 2.29. The first-order valence-electron chi connectivity index (χ1n) is 12.3. The van der Waals surface area contributed by atoms with E-state index in [0.717, 1.165) is 35.4 Å². The number of hydrogen-bond acceptors (Lipinski definition) is 8. The summed E-state index contributed by atoms with van der Waals surface area (Å²) in [4.78, 5) is 25.4. The molecule has 1 amide bonds. The van der Waals surface area contributed by atoms with Crippen LogP contribution in [0.1, 0.15) is 13.3 Å². The Labute approximate surface area is 242 Å². The largest absolute Gasteiger partial charge is 0.495 e. The van der Waals surface area contributed by atoms with Gasteiger partial charge in [-0.25, -0.2) is 36.9 Å². The van der Waals surface area contributed by atoms with Crippen LogP contribution in [0.3, 0.4) is 0 Å². The molecule has 0 spiro atoms. The Morgan fingerprint density at radius 1 is 0.977 bits per heavy atom. The van der Waals surface area contributed by atoms with E-state index in [2.05, 4.69) is 24.4 Å². The number of ether oxygens (including phenoxy) is 2. The highest BCUT2D eigenvalue weighted by atomic mass is 32.2. The molecule has 0 fully saturated rings. The minimum Gasteiger partial charge on any atom is -0.495 e. The van der Waals surface area contributed by atoms with Crippen molar-refractivity contribution in [3.8, 4) is 22.6 Å². The van der Waals surface area contributed by atoms with E-state index in [1.165, 1.54) is 50.7 Å². The highest BCUT2D eigenvalue weighted by Crippen LogP contribution is 2.40. The number of amides is 1. The molecule has 4 aromatic rings. The van der Waals surface area contributed by atoms with Gasteiger partial charge in [0.25, 0.3) is 10.0 Å². The molecule has 2 heterocycles. The van der Waals surface area contributed by atoms with Crippen molar-refractivity contribution in [2.45, 2.75) is 24.4 Å². The maximum Gasteiger partial charge on any atom is 0.422 e. The predicted octanol–water partition coefficient (Wildman–Crippen LogP) is 5.64. The van der Waals surface area contributed by atoms with E-state index in [9.17, 15) is 30.8 Å². The molecule has 2 aromatic carbocycles. The number of pyridine rings is 1. The fourth-order valence-electron chi connectivity index (χ4n) is 3.78. The first kappa shape index (κ1) is 31.1. The smallest absolute Gasteiger partial charge is 0.422 e. The number of carbonyl (C=O) groups excluding carboxylic acids is 1. The SMILES string of the molecule is CCC(=O)N(c1ccc(S(=O)(=O)Nc2ncccn2)cn1)c1cc(F)c(-c2ccc(F)c(OCC(F)(F)F)c2)cc1OC. The lowest BCUT2D eigenvalue weighted by Gasteiger charge is -2.24. The van der Waals surface area contributed by atoms with E-state index in [-0.39, 0.29) is 45.6 Å². The molecule has 0 atom stereocenters. The van der Waals surface area contributed by atoms with Crippen LogP contribution in [-0.4, -0.2) is 49.2 Å². The van der Waals surface area contributed by atoms with Crippen LogP contribution in [0.2, 0.25) is 0 Å². The topological polar surface area (TPSA) is 124 Å². The summed E-state index contributed by atoms with van der Waals surface area (Å²) in [5, 5.41) is 0. The Morgan fingerprint density at radius 2 is 1.70 bits per heavy atom. The summed E-state index contributed by atoms with van der Waals surface area (Å²) in [6, 6.07) is 8.87. The molecule has 0 aliphatic rings. The van der Waals surface area contributed by atoms with Crippen LogP contribution in [0.5, 0.6) is 11.5 Å². The standard InChI is InChI=1S/C27H22F5N5O5S/c1-3-25(38)37(24-8-6-17(14-35-24)43(39,40)36-26-33-9-4-10-34-26)21-13-20(29)18(12-23(21)41-2)16-5-7-19(28)22(11-16)42-15-27(30,31)32/h4-14H,3,15H2,1-2H3,(H,33,34,36). The summed E-state index contributed by atoms with van der Waals surface area (Å²) in [6.45, 7) is -0.217. The van der Waals surface area contributed by atoms with Crippen LogP contribution >= 0.6 is 0 Å². The quantitative estimate of drug-likeness (QED) is 0.225. The minimum atomic E-state index is -4.73. The summed E-state index contributed by atoms with van der Waals surface area (Å²) in [5.74, 6) is -3.63. The van der Waals surface area contributed by atoms with Gasteiger partial charge in [0.15, 0.2) is 18.2 Å². The summed E-state index contributed by atoms with van der Waals surface area (Å²) in [7, 11) is -2.91. The molecule has 1 N–H and O–H groups in total. The lowest BCUT2D eigenvalue weighted by Crippen LogP contribution is -2.26. The Balaban J connectivity index is 1.71. The number of benzene rings is 2. The van der Waals surface area contributed by atoms with Gasteiger partial charge in [0.1, 0.15) is 22.3 Å². The second-order valence-corrected chi connectivity index (χ2v) is 10.3. The Bertz CT molecular complexity index is 1720. The van der Waals surface area contributed by atoms with E-state index in [1.54, 1.807) is 0 Å². The van der Waals surface area contributed by atoms with Gasteiger partial charge in [-0.2, -0.15) is 13.2 Å². The second-order valence-electron chi connectivity index (χ2n) is 8.67. The number of carbonyl (C=O) groups is 1. The van der Waals surface area contributed by atoms with Gasteiger partial charge in [-0.3, -0.25) is 9.69 Å². The Hall–Kier alpha value is -4.86. The number of methoxy groups -OCH3 is 1. The van der Waals surface area contributed by atoms with Crippen LogP contribution in [0.15, 0.2) is 72.0 Å². The van der Waals surface area contributed by atoms with Crippen molar-refractivity contribution in [1.82, 2.24) is 15.0 Å². The first-order chi connectivity index (χ1) is 20.3. The molecule has 0 saturated carbocycles. The lowest BCUT2D eigenvalue weighted by atomic mass is 10.0. The van der Waals surface area contributed by atoms with Crippen LogP contribution < -0.4 is 19.1 Å². The van der Waals surface area contributed by atoms with Crippen LogP contribution in [0.25, 0.3) is 11.1 Å². The van der Waals surface area contributed by atoms with Crippen molar-refractivity contribution in [1.29, 1.82) is 0 Å². The summed E-state index contributed by atoms with van der Waals surface area (Å²) >= 11 is 0. The molecule has 0 radical (unpaired) electrons. The normalized spacial score (nSPS) is 11.6. The van der Waals surface area contributed by atoms with Crippen molar-refractivity contribution in [3.05, 3.63) is 78.8 Å². The third-order valence-corrected chi connectivity index (χ3v) is 7.06. The molecule has 4 rings (SSSR count). The summed E-state index contributed by atoms with van der Waals surface area (Å²) in [5.41, 5.74) is -0.327. The molecule has 2 aromatic heterocycles. The van der Waals surface area contributed by atoms with Crippen molar-refractivity contribution >= 4 is 33.4 Å². The van der Waals surface area contributed by atoms with Gasteiger partial charge < -0.3 is 9.47 Å². The maximum atomic E-state index is 15.5. The fourth-order valence-corrected chi connectivity index (χ4v) is 4.68. The molecule has 0 aliphatic heterocycles. The van der Waals surface area contributed by atoms with Gasteiger partial charge in [-0.15, -0.1) is 0 Å². The zero-order chi connectivity index (χ0) is 31.4. The molecule has 0 unspecified atom stereocenters. The van der Waals surface area contributed by atoms with E-state index < -0.39 is 46.1 Å². The molecule has 10 nitrogen and oxygen atoms in total. The lowest BCUT2D eigenvalue weighted by molar-refractivity contribution is -0.153.